The Kier molecular flexibility index (Phi) is 10.5. The Morgan fingerprint density at radius 1 is 0.934 bits per heavy atom. The number of ether oxygens (including phenoxy) is 2. The lowest BCUT2D eigenvalue weighted by atomic mass is 9.75. The minimum atomic E-state index is -2.92. The second-order valence-electron chi connectivity index (χ2n) is 16.7. The second kappa shape index (κ2) is 15.8. The van der Waals surface area contributed by atoms with E-state index in [4.69, 9.17) is 14.5 Å². The van der Waals surface area contributed by atoms with Crippen LogP contribution in [0.1, 0.15) is 101 Å². The second-order valence-corrected chi connectivity index (χ2v) is 18.0. The number of hydrogen-bond acceptors (Lipinski definition) is 12. The van der Waals surface area contributed by atoms with Crippen molar-refractivity contribution in [2.45, 2.75) is 90.3 Å². The Labute approximate surface area is 357 Å². The molecule has 2 saturated heterocycles. The average Bonchev–Trinajstić information content (AvgIpc) is 3.85. The molecule has 16 heteroatoms. The fourth-order valence-corrected chi connectivity index (χ4v) is 10.6. The van der Waals surface area contributed by atoms with E-state index in [2.05, 4.69) is 79.4 Å². The summed E-state index contributed by atoms with van der Waals surface area (Å²) in [5, 5.41) is 30.6. The van der Waals surface area contributed by atoms with E-state index in [9.17, 15) is 10.1 Å². The zero-order valence-corrected chi connectivity index (χ0v) is 35.7. The fraction of sp³-hybridized carbons (Fsp3) is 0.444. The van der Waals surface area contributed by atoms with Crippen LogP contribution in [0.2, 0.25) is 0 Å². The van der Waals surface area contributed by atoms with Gasteiger partial charge in [-0.1, -0.05) is 12.1 Å². The number of carbonyl (C=O) groups is 1. The maximum absolute atomic E-state index is 16.0. The summed E-state index contributed by atoms with van der Waals surface area (Å²) in [6, 6.07) is 18.5. The van der Waals surface area contributed by atoms with E-state index in [-0.39, 0.29) is 36.3 Å². The van der Waals surface area contributed by atoms with Crippen molar-refractivity contribution in [3.8, 4) is 22.6 Å². The molecule has 5 aromatic rings. The number of hydrogen-bond donors (Lipinski definition) is 1. The van der Waals surface area contributed by atoms with E-state index in [1.807, 2.05) is 13.8 Å². The predicted octanol–water partition coefficient (Wildman–Crippen LogP) is 7.70. The lowest BCUT2D eigenvalue weighted by molar-refractivity contribution is -0.0938. The highest BCUT2D eigenvalue weighted by Gasteiger charge is 2.61. The molecule has 1 amide bonds. The Bertz CT molecular complexity index is 2530. The Balaban J connectivity index is 0.798. The predicted molar refractivity (Wildman–Crippen MR) is 229 cm³/mol. The number of benzene rings is 2. The van der Waals surface area contributed by atoms with Crippen molar-refractivity contribution < 1.29 is 23.0 Å². The van der Waals surface area contributed by atoms with E-state index in [0.717, 1.165) is 64.9 Å². The number of amides is 1. The fourth-order valence-electron chi connectivity index (χ4n) is 9.36. The monoisotopic (exact) mass is 846 g/mol. The van der Waals surface area contributed by atoms with Crippen LogP contribution in [0.15, 0.2) is 59.6 Å². The number of thiophene rings is 1. The number of carbonyl (C=O) groups excluding carboxylic acids is 1. The van der Waals surface area contributed by atoms with Crippen LogP contribution in [0.25, 0.3) is 5.00 Å². The van der Waals surface area contributed by atoms with Crippen molar-refractivity contribution in [1.29, 1.82) is 5.26 Å². The highest BCUT2D eigenvalue weighted by Crippen LogP contribution is 2.51. The topological polar surface area (TPSA) is 147 Å². The standard InChI is InChI=1S/C45H48F2N10O3S/c1-26-28(3)61-43-39(26)40(49-27(2)41-54-51-29(4)57(41)43)30-6-11-33(12-7-30)55-20-18-44(19-21-55)24-56(25-45(44,46)47)38-17-16-36(52-53-38)42(58)50-32-9-14-34(15-10-32)60-35-13-8-31(23-48)37(22-35)59-5/h6-8,11-13,16-17,22,27,32,34H,9-10,14-15,18-21,24-25H2,1-5H3,(H,50,58)/t27-,32?,34?/m0/s1. The van der Waals surface area contributed by atoms with Crippen molar-refractivity contribution in [2.24, 2.45) is 10.4 Å². The summed E-state index contributed by atoms with van der Waals surface area (Å²) in [5.41, 5.74) is 4.61. The van der Waals surface area contributed by atoms with Gasteiger partial charge in [0.15, 0.2) is 17.3 Å². The van der Waals surface area contributed by atoms with Gasteiger partial charge in [-0.05, 0) is 108 Å². The van der Waals surface area contributed by atoms with Crippen LogP contribution in [0, 0.1) is 37.5 Å². The molecule has 3 aliphatic heterocycles. The molecular weight excluding hydrogens is 799 g/mol. The molecule has 1 saturated carbocycles. The lowest BCUT2D eigenvalue weighted by Gasteiger charge is -2.42. The third kappa shape index (κ3) is 7.36. The molecule has 61 heavy (non-hydrogen) atoms. The highest BCUT2D eigenvalue weighted by atomic mass is 32.1. The van der Waals surface area contributed by atoms with Gasteiger partial charge in [0.2, 0.25) is 0 Å². The third-order valence-corrected chi connectivity index (χ3v) is 14.2. The molecule has 9 rings (SSSR count). The summed E-state index contributed by atoms with van der Waals surface area (Å²) >= 11 is 1.73. The number of anilines is 2. The van der Waals surface area contributed by atoms with Crippen LogP contribution in [0.3, 0.4) is 0 Å². The first kappa shape index (κ1) is 40.5. The summed E-state index contributed by atoms with van der Waals surface area (Å²) in [6.07, 6.45) is 3.57. The molecule has 4 aliphatic rings. The number of nitrogens with one attached hydrogen (secondary N) is 1. The summed E-state index contributed by atoms with van der Waals surface area (Å²) in [5.74, 6) is -0.161. The molecule has 6 heterocycles. The first-order chi connectivity index (χ1) is 29.4. The number of methoxy groups -OCH3 is 1. The minimum Gasteiger partial charge on any atom is -0.495 e. The molecule has 13 nitrogen and oxygen atoms in total. The highest BCUT2D eigenvalue weighted by molar-refractivity contribution is 7.15. The molecule has 3 fully saturated rings. The molecule has 0 bridgehead atoms. The van der Waals surface area contributed by atoms with Crippen molar-refractivity contribution in [3.63, 3.8) is 0 Å². The van der Waals surface area contributed by atoms with E-state index >= 15 is 8.78 Å². The van der Waals surface area contributed by atoms with Gasteiger partial charge in [-0.25, -0.2) is 8.78 Å². The average molecular weight is 847 g/mol. The molecule has 316 valence electrons. The largest absolute Gasteiger partial charge is 0.495 e. The Hall–Kier alpha value is -5.95. The van der Waals surface area contributed by atoms with Gasteiger partial charge in [-0.15, -0.1) is 31.7 Å². The zero-order chi connectivity index (χ0) is 42.6. The lowest BCUT2D eigenvalue weighted by Crippen LogP contribution is -2.49. The number of aromatic nitrogens is 5. The summed E-state index contributed by atoms with van der Waals surface area (Å²) in [7, 11) is 1.52. The Morgan fingerprint density at radius 3 is 2.38 bits per heavy atom. The number of fused-ring (bicyclic) bond motifs is 3. The van der Waals surface area contributed by atoms with Crippen LogP contribution in [-0.4, -0.2) is 87.9 Å². The van der Waals surface area contributed by atoms with Gasteiger partial charge in [0.05, 0.1) is 36.4 Å². The maximum Gasteiger partial charge on any atom is 0.272 e. The smallest absolute Gasteiger partial charge is 0.272 e. The van der Waals surface area contributed by atoms with Crippen LogP contribution < -0.4 is 24.6 Å². The van der Waals surface area contributed by atoms with Crippen molar-refractivity contribution >= 4 is 34.5 Å². The third-order valence-electron chi connectivity index (χ3n) is 13.1. The van der Waals surface area contributed by atoms with E-state index < -0.39 is 17.9 Å². The molecule has 0 radical (unpaired) electrons. The van der Waals surface area contributed by atoms with Crippen LogP contribution >= 0.6 is 11.3 Å². The summed E-state index contributed by atoms with van der Waals surface area (Å²) in [6.45, 7) is 9.01. The van der Waals surface area contributed by atoms with Gasteiger partial charge in [0.25, 0.3) is 11.8 Å². The van der Waals surface area contributed by atoms with E-state index in [1.54, 1.807) is 46.6 Å². The zero-order valence-electron chi connectivity index (χ0n) is 34.9. The molecule has 1 aliphatic carbocycles. The summed E-state index contributed by atoms with van der Waals surface area (Å²) in [4.78, 5) is 23.3. The SMILES string of the molecule is COc1cc(OC2CCC(NC(=O)c3ccc(N4CC(F)(F)C5(CCN(c6ccc(C7=N[C@@H](C)c8nnc(C)n8-c8sc(C)c(C)c87)cc6)CC5)C4)nn3)CC2)ccc1C#N. The van der Waals surface area contributed by atoms with Gasteiger partial charge >= 0.3 is 0 Å². The number of aliphatic imine (C=N–C) groups is 1. The number of aryl methyl sites for hydroxylation is 2. The number of halogens is 2. The van der Waals surface area contributed by atoms with Gasteiger partial charge < -0.3 is 24.6 Å². The molecule has 2 aromatic carbocycles. The van der Waals surface area contributed by atoms with Crippen molar-refractivity contribution in [2.75, 3.05) is 43.1 Å². The molecule has 1 N–H and O–H groups in total. The first-order valence-electron chi connectivity index (χ1n) is 20.8. The van der Waals surface area contributed by atoms with Crippen LogP contribution in [0.5, 0.6) is 11.5 Å². The van der Waals surface area contributed by atoms with E-state index in [1.165, 1.54) is 17.6 Å². The van der Waals surface area contributed by atoms with Crippen LogP contribution in [-0.2, 0) is 0 Å². The normalized spacial score (nSPS) is 21.5. The van der Waals surface area contributed by atoms with Gasteiger partial charge in [-0.2, -0.15) is 5.26 Å². The number of nitrogens with zero attached hydrogens (tertiary/aromatic N) is 9. The number of rotatable bonds is 8. The molecular formula is C45H48F2N10O3S. The Morgan fingerprint density at radius 2 is 1.69 bits per heavy atom. The molecule has 3 aromatic heterocycles. The summed E-state index contributed by atoms with van der Waals surface area (Å²) < 4.78 is 45.5. The number of piperidine rings is 1. The van der Waals surface area contributed by atoms with Gasteiger partial charge in [0, 0.05) is 53.4 Å². The molecule has 0 unspecified atom stereocenters. The van der Waals surface area contributed by atoms with Crippen molar-refractivity contribution in [1.82, 2.24) is 30.3 Å². The number of nitriles is 1. The number of alkyl halides is 2. The minimum absolute atomic E-state index is 0.0256. The van der Waals surface area contributed by atoms with Crippen LogP contribution in [0.4, 0.5) is 20.3 Å². The first-order valence-corrected chi connectivity index (χ1v) is 21.7. The van der Waals surface area contributed by atoms with Crippen molar-refractivity contribution in [3.05, 3.63) is 99.1 Å². The molecule has 1 atom stereocenters. The van der Waals surface area contributed by atoms with E-state index in [0.29, 0.717) is 48.8 Å². The van der Waals surface area contributed by atoms with Gasteiger partial charge in [0.1, 0.15) is 34.4 Å². The van der Waals surface area contributed by atoms with Gasteiger partial charge in [-0.3, -0.25) is 14.4 Å². The quantitative estimate of drug-likeness (QED) is 0.165. The maximum atomic E-state index is 16.0. The molecule has 1 spiro atoms.